The smallest absolute Gasteiger partial charge is 0.244 e. The summed E-state index contributed by atoms with van der Waals surface area (Å²) in [6, 6.07) is 3.23. The van der Waals surface area contributed by atoms with Crippen LogP contribution in [0.25, 0.3) is 0 Å². The van der Waals surface area contributed by atoms with Gasteiger partial charge in [-0.25, -0.2) is 13.1 Å². The summed E-state index contributed by atoms with van der Waals surface area (Å²) in [6.07, 6.45) is 1.57. The van der Waals surface area contributed by atoms with Crippen molar-refractivity contribution in [3.05, 3.63) is 21.1 Å². The first kappa shape index (κ1) is 16.2. The summed E-state index contributed by atoms with van der Waals surface area (Å²) >= 11 is 6.53. The molecule has 0 bridgehead atoms. The van der Waals surface area contributed by atoms with Crippen molar-refractivity contribution in [2.24, 2.45) is 0 Å². The summed E-state index contributed by atoms with van der Waals surface area (Å²) < 4.78 is 34.4. The van der Waals surface area contributed by atoms with Gasteiger partial charge in [-0.1, -0.05) is 15.9 Å². The highest BCUT2D eigenvalue weighted by atomic mass is 79.9. The number of nitrogens with one attached hydrogen (secondary N) is 1. The maximum atomic E-state index is 12.6. The third kappa shape index (κ3) is 3.54. The van der Waals surface area contributed by atoms with Crippen LogP contribution in [0.5, 0.6) is 0 Å². The van der Waals surface area contributed by atoms with Gasteiger partial charge in [0.05, 0.1) is 17.8 Å². The van der Waals surface area contributed by atoms with E-state index in [0.717, 1.165) is 12.8 Å². The molecule has 112 valence electrons. The van der Waals surface area contributed by atoms with Gasteiger partial charge in [0.25, 0.3) is 0 Å². The van der Waals surface area contributed by atoms with E-state index in [2.05, 4.69) is 36.6 Å². The zero-order valence-corrected chi connectivity index (χ0v) is 14.9. The highest BCUT2D eigenvalue weighted by Gasteiger charge is 2.34. The second-order valence-electron chi connectivity index (χ2n) is 5.13. The van der Waals surface area contributed by atoms with Crippen molar-refractivity contribution in [3.63, 3.8) is 0 Å². The fourth-order valence-electron chi connectivity index (χ4n) is 2.25. The van der Waals surface area contributed by atoms with Crippen molar-refractivity contribution >= 4 is 47.6 Å². The molecule has 1 heterocycles. The largest absolute Gasteiger partial charge is 0.398 e. The zero-order chi connectivity index (χ0) is 15.0. The van der Waals surface area contributed by atoms with Gasteiger partial charge in [-0.2, -0.15) is 0 Å². The zero-order valence-electron chi connectivity index (χ0n) is 10.9. The lowest BCUT2D eigenvalue weighted by Crippen LogP contribution is -2.51. The number of sulfonamides is 1. The van der Waals surface area contributed by atoms with Crippen LogP contribution in [0.2, 0.25) is 0 Å². The minimum Gasteiger partial charge on any atom is -0.398 e. The quantitative estimate of drug-likeness (QED) is 0.726. The van der Waals surface area contributed by atoms with Crippen molar-refractivity contribution in [1.82, 2.24) is 4.72 Å². The van der Waals surface area contributed by atoms with Gasteiger partial charge < -0.3 is 10.5 Å². The van der Waals surface area contributed by atoms with Gasteiger partial charge in [0.15, 0.2) is 0 Å². The van der Waals surface area contributed by atoms with E-state index in [1.807, 2.05) is 6.92 Å². The van der Waals surface area contributed by atoms with Crippen LogP contribution in [0.15, 0.2) is 26.0 Å². The number of rotatable bonds is 3. The van der Waals surface area contributed by atoms with E-state index in [9.17, 15) is 8.42 Å². The van der Waals surface area contributed by atoms with Crippen LogP contribution in [0.4, 0.5) is 5.69 Å². The molecule has 8 heteroatoms. The van der Waals surface area contributed by atoms with Gasteiger partial charge in [-0.05, 0) is 47.8 Å². The third-order valence-corrected chi connectivity index (χ3v) is 6.22. The van der Waals surface area contributed by atoms with Gasteiger partial charge >= 0.3 is 0 Å². The number of hydrogen-bond acceptors (Lipinski definition) is 4. The Kier molecular flexibility index (Phi) is 4.80. The molecule has 0 aromatic heterocycles. The Balaban J connectivity index is 2.36. The van der Waals surface area contributed by atoms with Crippen LogP contribution in [0.1, 0.15) is 19.8 Å². The maximum absolute atomic E-state index is 12.6. The highest BCUT2D eigenvalue weighted by Crippen LogP contribution is 2.33. The maximum Gasteiger partial charge on any atom is 0.244 e. The van der Waals surface area contributed by atoms with E-state index >= 15 is 0 Å². The van der Waals surface area contributed by atoms with Gasteiger partial charge in [0.1, 0.15) is 4.90 Å². The van der Waals surface area contributed by atoms with Crippen molar-refractivity contribution in [3.8, 4) is 0 Å². The minimum atomic E-state index is -3.72. The lowest BCUT2D eigenvalue weighted by Gasteiger charge is -2.34. The van der Waals surface area contributed by atoms with Crippen LogP contribution in [0, 0.1) is 0 Å². The number of nitrogen functional groups attached to an aromatic ring is 1. The normalized spacial score (nSPS) is 23.8. The topological polar surface area (TPSA) is 81.4 Å². The molecule has 0 amide bonds. The van der Waals surface area contributed by atoms with E-state index in [4.69, 9.17) is 10.5 Å². The molecule has 1 saturated heterocycles. The first-order valence-electron chi connectivity index (χ1n) is 6.10. The van der Waals surface area contributed by atoms with E-state index in [1.165, 1.54) is 0 Å². The molecule has 3 N–H and O–H groups in total. The molecule has 1 aromatic carbocycles. The molecule has 1 aliphatic rings. The van der Waals surface area contributed by atoms with E-state index in [-0.39, 0.29) is 10.6 Å². The Bertz CT molecular complexity index is 590. The standard InChI is InChI=1S/C12H16Br2N2O3S/c1-12(3-2-4-19-7-12)16-20(17,18)11-9(14)5-8(13)6-10(11)15/h5-6,16H,2-4,7,15H2,1H3. The molecule has 1 fully saturated rings. The van der Waals surface area contributed by atoms with Gasteiger partial charge in [-0.3, -0.25) is 0 Å². The second-order valence-corrected chi connectivity index (χ2v) is 8.52. The van der Waals surface area contributed by atoms with Crippen molar-refractivity contribution in [2.45, 2.75) is 30.2 Å². The van der Waals surface area contributed by atoms with Crippen LogP contribution >= 0.6 is 31.9 Å². The monoisotopic (exact) mass is 426 g/mol. The molecule has 0 saturated carbocycles. The number of hydrogen-bond donors (Lipinski definition) is 2. The van der Waals surface area contributed by atoms with E-state index < -0.39 is 15.6 Å². The van der Waals surface area contributed by atoms with Crippen LogP contribution in [-0.2, 0) is 14.8 Å². The van der Waals surface area contributed by atoms with E-state index in [1.54, 1.807) is 12.1 Å². The first-order chi connectivity index (χ1) is 9.23. The molecule has 20 heavy (non-hydrogen) atoms. The van der Waals surface area contributed by atoms with Gasteiger partial charge in [0.2, 0.25) is 10.0 Å². The average molecular weight is 428 g/mol. The van der Waals surface area contributed by atoms with Crippen LogP contribution in [-0.4, -0.2) is 27.2 Å². The summed E-state index contributed by atoms with van der Waals surface area (Å²) in [5.41, 5.74) is 5.44. The number of nitrogens with two attached hydrogens (primary N) is 1. The molecule has 2 rings (SSSR count). The average Bonchev–Trinajstić information content (AvgIpc) is 2.25. The summed E-state index contributed by atoms with van der Waals surface area (Å²) in [5.74, 6) is 0. The van der Waals surface area contributed by atoms with Crippen LogP contribution < -0.4 is 10.5 Å². The third-order valence-electron chi connectivity index (χ3n) is 3.12. The minimum absolute atomic E-state index is 0.0625. The van der Waals surface area contributed by atoms with Gasteiger partial charge in [0, 0.05) is 15.6 Å². The van der Waals surface area contributed by atoms with Crippen LogP contribution in [0.3, 0.4) is 0 Å². The Morgan fingerprint density at radius 2 is 2.10 bits per heavy atom. The summed E-state index contributed by atoms with van der Waals surface area (Å²) in [6.45, 7) is 2.87. The molecule has 1 aliphatic heterocycles. The summed E-state index contributed by atoms with van der Waals surface area (Å²) in [7, 11) is -3.72. The Hall–Kier alpha value is -0.150. The second kappa shape index (κ2) is 5.92. The molecule has 5 nitrogen and oxygen atoms in total. The number of halogens is 2. The SMILES string of the molecule is CC1(NS(=O)(=O)c2c(N)cc(Br)cc2Br)CCCOC1. The summed E-state index contributed by atoms with van der Waals surface area (Å²) in [5, 5.41) is 0. The molecule has 1 unspecified atom stereocenters. The Morgan fingerprint density at radius 3 is 2.65 bits per heavy atom. The fourth-order valence-corrected chi connectivity index (χ4v) is 5.75. The van der Waals surface area contributed by atoms with Crippen molar-refractivity contribution in [1.29, 1.82) is 0 Å². The fraction of sp³-hybridized carbons (Fsp3) is 0.500. The Morgan fingerprint density at radius 1 is 1.40 bits per heavy atom. The lowest BCUT2D eigenvalue weighted by molar-refractivity contribution is 0.0386. The molecular formula is C12H16Br2N2O3S. The summed E-state index contributed by atoms with van der Waals surface area (Å²) in [4.78, 5) is 0.0625. The van der Waals surface area contributed by atoms with Crippen molar-refractivity contribution < 1.29 is 13.2 Å². The van der Waals surface area contributed by atoms with E-state index in [0.29, 0.717) is 22.2 Å². The molecule has 0 aliphatic carbocycles. The molecule has 0 spiro atoms. The number of ether oxygens (including phenoxy) is 1. The van der Waals surface area contributed by atoms with Gasteiger partial charge in [-0.15, -0.1) is 0 Å². The molecule has 1 aromatic rings. The molecular weight excluding hydrogens is 412 g/mol. The van der Waals surface area contributed by atoms with Crippen molar-refractivity contribution in [2.75, 3.05) is 18.9 Å². The predicted octanol–water partition coefficient (Wildman–Crippen LogP) is 2.64. The Labute approximate surface area is 135 Å². The predicted molar refractivity (Wildman–Crippen MR) is 85.0 cm³/mol. The number of benzene rings is 1. The molecule has 1 atom stereocenters. The lowest BCUT2D eigenvalue weighted by atomic mass is 9.97. The molecule has 0 radical (unpaired) electrons. The first-order valence-corrected chi connectivity index (χ1v) is 9.17. The highest BCUT2D eigenvalue weighted by molar-refractivity contribution is 9.11. The number of anilines is 1.